The molecular weight excluding hydrogens is 374 g/mol. The lowest BCUT2D eigenvalue weighted by Gasteiger charge is -2.32. The first-order valence-electron chi connectivity index (χ1n) is 8.94. The number of nitrogens with zero attached hydrogens (tertiary/aromatic N) is 1. The maximum atomic E-state index is 12.3. The third-order valence-electron chi connectivity index (χ3n) is 4.52. The Bertz CT molecular complexity index is 734. The largest absolute Gasteiger partial charge is 0.478 e. The molecule has 1 atom stereocenters. The zero-order valence-electron chi connectivity index (χ0n) is 15.0. The van der Waals surface area contributed by atoms with E-state index in [1.54, 1.807) is 30.0 Å². The number of anilines is 1. The molecule has 1 unspecified atom stereocenters. The second-order valence-corrected chi connectivity index (χ2v) is 6.90. The van der Waals surface area contributed by atoms with Crippen molar-refractivity contribution in [3.05, 3.63) is 23.2 Å². The van der Waals surface area contributed by atoms with E-state index in [9.17, 15) is 14.4 Å². The van der Waals surface area contributed by atoms with Crippen molar-refractivity contribution in [3.63, 3.8) is 0 Å². The average Bonchev–Trinajstić information content (AvgIpc) is 2.63. The maximum absolute atomic E-state index is 12.3. The van der Waals surface area contributed by atoms with Crippen LogP contribution in [0.3, 0.4) is 0 Å². The van der Waals surface area contributed by atoms with E-state index in [1.807, 2.05) is 0 Å². The number of amides is 3. The molecular formula is C18H22ClN3O5. The first-order chi connectivity index (χ1) is 13.0. The summed E-state index contributed by atoms with van der Waals surface area (Å²) in [6.07, 6.45) is -0.00855. The molecule has 1 aromatic carbocycles. The maximum Gasteiger partial charge on any atom is 0.409 e. The Labute approximate surface area is 162 Å². The Morgan fingerprint density at radius 3 is 2.81 bits per heavy atom. The number of piperidine rings is 1. The summed E-state index contributed by atoms with van der Waals surface area (Å²) < 4.78 is 10.6. The van der Waals surface area contributed by atoms with Crippen LogP contribution in [-0.4, -0.2) is 54.6 Å². The second-order valence-electron chi connectivity index (χ2n) is 6.47. The minimum absolute atomic E-state index is 0.0408. The van der Waals surface area contributed by atoms with Gasteiger partial charge in [0.05, 0.1) is 18.7 Å². The molecule has 0 saturated carbocycles. The van der Waals surface area contributed by atoms with E-state index in [0.717, 1.165) is 0 Å². The number of halogens is 1. The van der Waals surface area contributed by atoms with Crippen molar-refractivity contribution in [1.82, 2.24) is 10.2 Å². The SMILES string of the molecule is CCOC(=O)N1CCC(NC(=O)CC2Oc3ccc(Cl)cc3NC2=O)CC1. The molecule has 27 heavy (non-hydrogen) atoms. The van der Waals surface area contributed by atoms with Crippen molar-refractivity contribution in [2.75, 3.05) is 25.0 Å². The lowest BCUT2D eigenvalue weighted by atomic mass is 10.0. The Balaban J connectivity index is 1.48. The summed E-state index contributed by atoms with van der Waals surface area (Å²) in [7, 11) is 0. The molecule has 0 radical (unpaired) electrons. The van der Waals surface area contributed by atoms with Crippen LogP contribution in [0.2, 0.25) is 5.02 Å². The molecule has 3 amide bonds. The molecule has 2 aliphatic rings. The minimum Gasteiger partial charge on any atom is -0.478 e. The van der Waals surface area contributed by atoms with Crippen molar-refractivity contribution >= 4 is 35.2 Å². The smallest absolute Gasteiger partial charge is 0.409 e. The zero-order valence-corrected chi connectivity index (χ0v) is 15.8. The molecule has 0 aromatic heterocycles. The summed E-state index contributed by atoms with van der Waals surface area (Å²) in [5, 5.41) is 6.10. The van der Waals surface area contributed by atoms with E-state index in [2.05, 4.69) is 10.6 Å². The van der Waals surface area contributed by atoms with Gasteiger partial charge in [0.2, 0.25) is 5.91 Å². The van der Waals surface area contributed by atoms with Crippen molar-refractivity contribution in [1.29, 1.82) is 0 Å². The van der Waals surface area contributed by atoms with Crippen LogP contribution in [0.25, 0.3) is 0 Å². The number of hydrogen-bond donors (Lipinski definition) is 2. The topological polar surface area (TPSA) is 97.0 Å². The van der Waals surface area contributed by atoms with Gasteiger partial charge in [-0.1, -0.05) is 11.6 Å². The van der Waals surface area contributed by atoms with Gasteiger partial charge in [-0.05, 0) is 38.0 Å². The standard InChI is InChI=1S/C18H22ClN3O5/c1-2-26-18(25)22-7-5-12(6-8-22)20-16(23)10-15-17(24)21-13-9-11(19)3-4-14(13)27-15/h3-4,9,12,15H,2,5-8,10H2,1H3,(H,20,23)(H,21,24). The number of nitrogens with one attached hydrogen (secondary N) is 2. The highest BCUT2D eigenvalue weighted by Gasteiger charge is 2.31. The molecule has 3 rings (SSSR count). The molecule has 8 nitrogen and oxygen atoms in total. The van der Waals surface area contributed by atoms with Gasteiger partial charge in [0.25, 0.3) is 5.91 Å². The second kappa shape index (κ2) is 8.47. The van der Waals surface area contributed by atoms with E-state index in [4.69, 9.17) is 21.1 Å². The van der Waals surface area contributed by atoms with Crippen LogP contribution in [0.5, 0.6) is 5.75 Å². The molecule has 2 aliphatic heterocycles. The summed E-state index contributed by atoms with van der Waals surface area (Å²) in [5.41, 5.74) is 0.496. The van der Waals surface area contributed by atoms with Crippen LogP contribution in [0.4, 0.5) is 10.5 Å². The highest BCUT2D eigenvalue weighted by atomic mass is 35.5. The Morgan fingerprint density at radius 2 is 2.11 bits per heavy atom. The number of carbonyl (C=O) groups excluding carboxylic acids is 3. The zero-order chi connectivity index (χ0) is 19.4. The van der Waals surface area contributed by atoms with Crippen molar-refractivity contribution in [3.8, 4) is 5.75 Å². The molecule has 146 valence electrons. The van der Waals surface area contributed by atoms with Gasteiger partial charge >= 0.3 is 6.09 Å². The average molecular weight is 396 g/mol. The summed E-state index contributed by atoms with van der Waals surface area (Å²) in [5.74, 6) is -0.154. The van der Waals surface area contributed by atoms with Crippen molar-refractivity contribution < 1.29 is 23.9 Å². The van der Waals surface area contributed by atoms with Gasteiger partial charge in [-0.25, -0.2) is 4.79 Å². The molecule has 1 aromatic rings. The highest BCUT2D eigenvalue weighted by Crippen LogP contribution is 2.32. The van der Waals surface area contributed by atoms with Gasteiger partial charge < -0.3 is 25.0 Å². The van der Waals surface area contributed by atoms with E-state index >= 15 is 0 Å². The monoisotopic (exact) mass is 395 g/mol. The number of likely N-dealkylation sites (tertiary alicyclic amines) is 1. The predicted molar refractivity (Wildman–Crippen MR) is 98.9 cm³/mol. The Kier molecular flexibility index (Phi) is 6.05. The Hall–Kier alpha value is -2.48. The molecule has 1 saturated heterocycles. The molecule has 0 bridgehead atoms. The van der Waals surface area contributed by atoms with Crippen molar-refractivity contribution in [2.24, 2.45) is 0 Å². The Morgan fingerprint density at radius 1 is 1.37 bits per heavy atom. The third kappa shape index (κ3) is 4.82. The molecule has 0 spiro atoms. The highest BCUT2D eigenvalue weighted by molar-refractivity contribution is 6.31. The number of ether oxygens (including phenoxy) is 2. The first-order valence-corrected chi connectivity index (χ1v) is 9.32. The van der Waals surface area contributed by atoms with Gasteiger partial charge in [-0.2, -0.15) is 0 Å². The summed E-state index contributed by atoms with van der Waals surface area (Å²) in [4.78, 5) is 37.8. The first kappa shape index (κ1) is 19.3. The van der Waals surface area contributed by atoms with E-state index in [1.165, 1.54) is 0 Å². The van der Waals surface area contributed by atoms with Crippen LogP contribution in [0.15, 0.2) is 18.2 Å². The molecule has 2 heterocycles. The fraction of sp³-hybridized carbons (Fsp3) is 0.500. The van der Waals surface area contributed by atoms with Crippen LogP contribution in [0, 0.1) is 0 Å². The van der Waals surface area contributed by atoms with Crippen molar-refractivity contribution in [2.45, 2.75) is 38.3 Å². The number of benzene rings is 1. The van der Waals surface area contributed by atoms with Gasteiger partial charge in [0.1, 0.15) is 5.75 Å². The number of fused-ring (bicyclic) bond motifs is 1. The normalized spacial score (nSPS) is 19.6. The van der Waals surface area contributed by atoms with Gasteiger partial charge in [0.15, 0.2) is 6.10 Å². The van der Waals surface area contributed by atoms with E-state index < -0.39 is 6.10 Å². The molecule has 9 heteroatoms. The predicted octanol–water partition coefficient (Wildman–Crippen LogP) is 2.17. The molecule has 1 fully saturated rings. The fourth-order valence-corrected chi connectivity index (χ4v) is 3.31. The van der Waals surface area contributed by atoms with Crippen LogP contribution in [0.1, 0.15) is 26.2 Å². The third-order valence-corrected chi connectivity index (χ3v) is 4.75. The van der Waals surface area contributed by atoms with E-state index in [0.29, 0.717) is 49.0 Å². The molecule has 0 aliphatic carbocycles. The lowest BCUT2D eigenvalue weighted by Crippen LogP contribution is -2.48. The van der Waals surface area contributed by atoms with Crippen LogP contribution >= 0.6 is 11.6 Å². The summed E-state index contributed by atoms with van der Waals surface area (Å²) in [6, 6.07) is 4.88. The van der Waals surface area contributed by atoms with Gasteiger partial charge in [-0.15, -0.1) is 0 Å². The van der Waals surface area contributed by atoms with Crippen LogP contribution in [-0.2, 0) is 14.3 Å². The van der Waals surface area contributed by atoms with Gasteiger partial charge in [-0.3, -0.25) is 9.59 Å². The number of carbonyl (C=O) groups is 3. The fourth-order valence-electron chi connectivity index (χ4n) is 3.13. The quantitative estimate of drug-likeness (QED) is 0.814. The number of rotatable bonds is 4. The van der Waals surface area contributed by atoms with E-state index in [-0.39, 0.29) is 30.4 Å². The molecule has 2 N–H and O–H groups in total. The van der Waals surface area contributed by atoms with Gasteiger partial charge in [0, 0.05) is 24.2 Å². The number of hydrogen-bond acceptors (Lipinski definition) is 5. The lowest BCUT2D eigenvalue weighted by molar-refractivity contribution is -0.131. The summed E-state index contributed by atoms with van der Waals surface area (Å²) >= 11 is 5.90. The minimum atomic E-state index is -0.890. The summed E-state index contributed by atoms with van der Waals surface area (Å²) in [6.45, 7) is 3.16. The van der Waals surface area contributed by atoms with Crippen LogP contribution < -0.4 is 15.4 Å².